The number of amides is 1. The van der Waals surface area contributed by atoms with Crippen LogP contribution in [0.15, 0.2) is 18.2 Å². The average molecular weight is 231 g/mol. The molecule has 0 aliphatic carbocycles. The number of nitrogens with one attached hydrogen (secondary N) is 1. The van der Waals surface area contributed by atoms with Gasteiger partial charge in [-0.1, -0.05) is 17.7 Å². The highest BCUT2D eigenvalue weighted by Crippen LogP contribution is 2.25. The van der Waals surface area contributed by atoms with Crippen molar-refractivity contribution in [3.63, 3.8) is 0 Å². The van der Waals surface area contributed by atoms with E-state index in [-0.39, 0.29) is 16.3 Å². The van der Waals surface area contributed by atoms with Gasteiger partial charge in [-0.25, -0.2) is 5.48 Å². The van der Waals surface area contributed by atoms with Crippen molar-refractivity contribution in [3.05, 3.63) is 38.9 Å². The highest BCUT2D eigenvalue weighted by Gasteiger charge is 2.22. The molecule has 0 unspecified atom stereocenters. The monoisotopic (exact) mass is 230 g/mol. The Balaban J connectivity index is 3.24. The van der Waals surface area contributed by atoms with E-state index in [1.54, 1.807) is 0 Å². The predicted molar refractivity (Wildman–Crippen MR) is 52.6 cm³/mol. The summed E-state index contributed by atoms with van der Waals surface area (Å²) in [7, 11) is 1.22. The maximum absolute atomic E-state index is 11.4. The van der Waals surface area contributed by atoms with Crippen molar-refractivity contribution in [2.75, 3.05) is 7.11 Å². The van der Waals surface area contributed by atoms with Gasteiger partial charge in [-0.05, 0) is 6.07 Å². The lowest BCUT2D eigenvalue weighted by atomic mass is 10.1. The highest BCUT2D eigenvalue weighted by atomic mass is 35.5. The maximum Gasteiger partial charge on any atom is 0.283 e. The number of carbonyl (C=O) groups excluding carboxylic acids is 1. The van der Waals surface area contributed by atoms with Crippen molar-refractivity contribution in [3.8, 4) is 0 Å². The molecule has 15 heavy (non-hydrogen) atoms. The molecule has 1 rings (SSSR count). The Morgan fingerprint density at radius 1 is 1.60 bits per heavy atom. The summed E-state index contributed by atoms with van der Waals surface area (Å²) < 4.78 is 0. The fourth-order valence-electron chi connectivity index (χ4n) is 1.03. The summed E-state index contributed by atoms with van der Waals surface area (Å²) in [5, 5.41) is 10.6. The summed E-state index contributed by atoms with van der Waals surface area (Å²) in [5.41, 5.74) is 1.39. The lowest BCUT2D eigenvalue weighted by molar-refractivity contribution is -0.385. The molecule has 0 aliphatic rings. The zero-order valence-corrected chi connectivity index (χ0v) is 8.45. The summed E-state index contributed by atoms with van der Waals surface area (Å²) in [5.74, 6) is -0.755. The molecular formula is C8H7ClN2O4. The first-order chi connectivity index (χ1) is 7.07. The van der Waals surface area contributed by atoms with Gasteiger partial charge in [0.15, 0.2) is 0 Å². The van der Waals surface area contributed by atoms with Gasteiger partial charge in [0.2, 0.25) is 0 Å². The zero-order chi connectivity index (χ0) is 11.4. The number of rotatable bonds is 3. The van der Waals surface area contributed by atoms with Crippen molar-refractivity contribution in [2.45, 2.75) is 0 Å². The van der Waals surface area contributed by atoms with Crippen LogP contribution in [0.3, 0.4) is 0 Å². The second-order valence-electron chi connectivity index (χ2n) is 2.53. The summed E-state index contributed by atoms with van der Waals surface area (Å²) in [6.45, 7) is 0. The SMILES string of the molecule is CONC(=O)c1c(Cl)cccc1[N+](=O)[O-]. The molecule has 0 bridgehead atoms. The van der Waals surface area contributed by atoms with Crippen LogP contribution in [0.5, 0.6) is 0 Å². The van der Waals surface area contributed by atoms with Gasteiger partial charge in [-0.3, -0.25) is 19.7 Å². The highest BCUT2D eigenvalue weighted by molar-refractivity contribution is 6.34. The zero-order valence-electron chi connectivity index (χ0n) is 7.69. The van der Waals surface area contributed by atoms with Crippen molar-refractivity contribution in [2.24, 2.45) is 0 Å². The molecule has 6 nitrogen and oxygen atoms in total. The first kappa shape index (κ1) is 11.4. The van der Waals surface area contributed by atoms with Crippen molar-refractivity contribution < 1.29 is 14.6 Å². The predicted octanol–water partition coefficient (Wildman–Crippen LogP) is 1.54. The molecule has 0 atom stereocenters. The van der Waals surface area contributed by atoms with E-state index in [2.05, 4.69) is 4.84 Å². The third-order valence-corrected chi connectivity index (χ3v) is 1.93. The van der Waals surface area contributed by atoms with E-state index < -0.39 is 10.8 Å². The minimum atomic E-state index is -0.755. The van der Waals surface area contributed by atoms with E-state index in [1.807, 2.05) is 5.48 Å². The van der Waals surface area contributed by atoms with E-state index >= 15 is 0 Å². The minimum absolute atomic E-state index is 0.00116. The van der Waals surface area contributed by atoms with Crippen LogP contribution in [0.2, 0.25) is 5.02 Å². The van der Waals surface area contributed by atoms with Gasteiger partial charge < -0.3 is 0 Å². The van der Waals surface area contributed by atoms with Crippen LogP contribution in [0.1, 0.15) is 10.4 Å². The Morgan fingerprint density at radius 2 is 2.27 bits per heavy atom. The number of nitro benzene ring substituents is 1. The number of carbonyl (C=O) groups is 1. The van der Waals surface area contributed by atoms with E-state index in [1.165, 1.54) is 25.3 Å². The summed E-state index contributed by atoms with van der Waals surface area (Å²) in [4.78, 5) is 25.7. The lowest BCUT2D eigenvalue weighted by Gasteiger charge is -2.04. The lowest BCUT2D eigenvalue weighted by Crippen LogP contribution is -2.23. The number of nitrogens with zero attached hydrogens (tertiary/aromatic N) is 1. The van der Waals surface area contributed by atoms with Gasteiger partial charge in [-0.2, -0.15) is 0 Å². The Bertz CT molecular complexity index is 408. The molecule has 0 aliphatic heterocycles. The normalized spacial score (nSPS) is 9.73. The van der Waals surface area contributed by atoms with Gasteiger partial charge in [0, 0.05) is 6.07 Å². The fourth-order valence-corrected chi connectivity index (χ4v) is 1.29. The second kappa shape index (κ2) is 4.72. The van der Waals surface area contributed by atoms with Crippen molar-refractivity contribution >= 4 is 23.2 Å². The molecule has 1 aromatic carbocycles. The standard InChI is InChI=1S/C8H7ClN2O4/c1-15-10-8(12)7-5(9)3-2-4-6(7)11(13)14/h2-4H,1H3,(H,10,12). The Kier molecular flexibility index (Phi) is 3.59. The molecular weight excluding hydrogens is 224 g/mol. The molecule has 0 radical (unpaired) electrons. The van der Waals surface area contributed by atoms with E-state index in [9.17, 15) is 14.9 Å². The second-order valence-corrected chi connectivity index (χ2v) is 2.93. The van der Waals surface area contributed by atoms with Crippen LogP contribution in [-0.2, 0) is 4.84 Å². The van der Waals surface area contributed by atoms with Crippen LogP contribution in [0.4, 0.5) is 5.69 Å². The molecule has 80 valence electrons. The van der Waals surface area contributed by atoms with E-state index in [0.717, 1.165) is 0 Å². The summed E-state index contributed by atoms with van der Waals surface area (Å²) in [6, 6.07) is 3.97. The molecule has 1 aromatic rings. The topological polar surface area (TPSA) is 81.5 Å². The quantitative estimate of drug-likeness (QED) is 0.631. The first-order valence-electron chi connectivity index (χ1n) is 3.84. The minimum Gasteiger partial charge on any atom is -0.277 e. The molecule has 7 heteroatoms. The number of nitro groups is 1. The Labute approximate surface area is 89.9 Å². The van der Waals surface area contributed by atoms with Gasteiger partial charge in [0.25, 0.3) is 11.6 Å². The number of hydroxylamine groups is 1. The third-order valence-electron chi connectivity index (χ3n) is 1.61. The average Bonchev–Trinajstić information content (AvgIpc) is 2.17. The Morgan fingerprint density at radius 3 is 2.80 bits per heavy atom. The van der Waals surface area contributed by atoms with Gasteiger partial charge in [-0.15, -0.1) is 0 Å². The molecule has 0 saturated heterocycles. The summed E-state index contributed by atoms with van der Waals surface area (Å²) in [6.07, 6.45) is 0. The van der Waals surface area contributed by atoms with Crippen LogP contribution < -0.4 is 5.48 Å². The molecule has 0 heterocycles. The first-order valence-corrected chi connectivity index (χ1v) is 4.22. The number of halogens is 1. The van der Waals surface area contributed by atoms with Crippen molar-refractivity contribution in [1.82, 2.24) is 5.48 Å². The van der Waals surface area contributed by atoms with Crippen LogP contribution in [-0.4, -0.2) is 17.9 Å². The van der Waals surface area contributed by atoms with E-state index in [4.69, 9.17) is 11.6 Å². The van der Waals surface area contributed by atoms with Crippen LogP contribution >= 0.6 is 11.6 Å². The molecule has 0 fully saturated rings. The van der Waals surface area contributed by atoms with E-state index in [0.29, 0.717) is 0 Å². The molecule has 1 amide bonds. The largest absolute Gasteiger partial charge is 0.283 e. The molecule has 0 spiro atoms. The maximum atomic E-state index is 11.4. The summed E-state index contributed by atoms with van der Waals surface area (Å²) >= 11 is 5.68. The Hall–Kier alpha value is -1.66. The molecule has 0 aromatic heterocycles. The van der Waals surface area contributed by atoms with Crippen molar-refractivity contribution in [1.29, 1.82) is 0 Å². The number of hydrogen-bond acceptors (Lipinski definition) is 4. The van der Waals surface area contributed by atoms with Crippen LogP contribution in [0, 0.1) is 10.1 Å². The third kappa shape index (κ3) is 2.42. The smallest absolute Gasteiger partial charge is 0.277 e. The van der Waals surface area contributed by atoms with Crippen LogP contribution in [0.25, 0.3) is 0 Å². The molecule has 0 saturated carbocycles. The number of benzene rings is 1. The fraction of sp³-hybridized carbons (Fsp3) is 0.125. The van der Waals surface area contributed by atoms with Gasteiger partial charge in [0.1, 0.15) is 5.56 Å². The number of hydrogen-bond donors (Lipinski definition) is 1. The van der Waals surface area contributed by atoms with Gasteiger partial charge >= 0.3 is 0 Å². The van der Waals surface area contributed by atoms with Gasteiger partial charge in [0.05, 0.1) is 17.1 Å². The molecule has 1 N–H and O–H groups in total.